The molecule has 8 heteroatoms. The van der Waals surface area contributed by atoms with E-state index >= 15 is 0 Å². The van der Waals surface area contributed by atoms with E-state index in [1.165, 1.54) is 23.4 Å². The quantitative estimate of drug-likeness (QED) is 0.583. The van der Waals surface area contributed by atoms with Gasteiger partial charge in [0.15, 0.2) is 23.2 Å². The number of nitrogen functional groups attached to an aromatic ring is 1. The van der Waals surface area contributed by atoms with Gasteiger partial charge in [-0.25, -0.2) is 15.0 Å². The van der Waals surface area contributed by atoms with Crippen molar-refractivity contribution in [2.24, 2.45) is 10.1 Å². The number of nitrogens with one attached hydrogen (secondary N) is 1. The second kappa shape index (κ2) is 4.80. The van der Waals surface area contributed by atoms with E-state index in [9.17, 15) is 5.11 Å². The average Bonchev–Trinajstić information content (AvgIpc) is 2.67. The van der Waals surface area contributed by atoms with Crippen LogP contribution >= 0.6 is 0 Å². The first-order valence-corrected chi connectivity index (χ1v) is 5.17. The number of nitrogens with two attached hydrogens (primary N) is 1. The van der Waals surface area contributed by atoms with Crippen LogP contribution in [0.4, 0.5) is 11.6 Å². The molecule has 2 heterocycles. The number of aliphatic imine (C=N–C) groups is 1. The van der Waals surface area contributed by atoms with Crippen molar-refractivity contribution in [2.45, 2.75) is 0 Å². The van der Waals surface area contributed by atoms with Crippen molar-refractivity contribution in [3.05, 3.63) is 12.1 Å². The Morgan fingerprint density at radius 1 is 1.44 bits per heavy atom. The van der Waals surface area contributed by atoms with Crippen molar-refractivity contribution < 1.29 is 10.2 Å². The molecule has 0 unspecified atom stereocenters. The van der Waals surface area contributed by atoms with Crippen molar-refractivity contribution in [1.29, 1.82) is 5.41 Å². The maximum Gasteiger partial charge on any atom is 0.169 e. The van der Waals surface area contributed by atoms with Crippen molar-refractivity contribution in [1.82, 2.24) is 9.99 Å². The highest BCUT2D eigenvalue weighted by atomic mass is 16.3. The van der Waals surface area contributed by atoms with E-state index < -0.39 is 0 Å². The second-order valence-electron chi connectivity index (χ2n) is 3.51. The third-order valence-electron chi connectivity index (χ3n) is 2.25. The monoisotopic (exact) mass is 248 g/mol. The molecule has 5 N–H and O–H groups in total. The number of rotatable bonds is 3. The molecule has 1 aliphatic heterocycles. The number of aliphatic hydroxyl groups is 1. The first-order chi connectivity index (χ1) is 8.61. The van der Waals surface area contributed by atoms with Crippen LogP contribution in [0.2, 0.25) is 0 Å². The van der Waals surface area contributed by atoms with E-state index in [2.05, 4.69) is 15.1 Å². The van der Waals surface area contributed by atoms with Crippen LogP contribution in [-0.2, 0) is 0 Å². The number of β-amino-alcohol motifs (C(OH)–C–C–N with tert-alkyl or cyclic N) is 1. The Balaban J connectivity index is 2.22. The predicted molar refractivity (Wildman–Crippen MR) is 67.4 cm³/mol. The molecule has 2 rings (SSSR count). The van der Waals surface area contributed by atoms with Crippen LogP contribution in [0.5, 0.6) is 5.75 Å². The molecule has 0 saturated heterocycles. The molecule has 0 spiro atoms. The number of aliphatic hydroxyl groups excluding tert-OH is 1. The summed E-state index contributed by atoms with van der Waals surface area (Å²) in [6, 6.07) is 2.86. The Kier molecular flexibility index (Phi) is 3.20. The van der Waals surface area contributed by atoms with Gasteiger partial charge in [-0.1, -0.05) is 0 Å². The molecular weight excluding hydrogens is 236 g/mol. The molecule has 1 aromatic rings. The van der Waals surface area contributed by atoms with E-state index in [-0.39, 0.29) is 36.4 Å². The van der Waals surface area contributed by atoms with Crippen LogP contribution in [0.15, 0.2) is 22.2 Å². The highest BCUT2D eigenvalue weighted by molar-refractivity contribution is 6.63. The number of amidine groups is 1. The smallest absolute Gasteiger partial charge is 0.169 e. The largest absolute Gasteiger partial charge is 0.504 e. The van der Waals surface area contributed by atoms with E-state index in [0.717, 1.165) is 0 Å². The molecule has 0 fully saturated rings. The maximum atomic E-state index is 9.23. The van der Waals surface area contributed by atoms with Gasteiger partial charge in [0.1, 0.15) is 5.71 Å². The van der Waals surface area contributed by atoms with Crippen LogP contribution in [-0.4, -0.2) is 51.1 Å². The molecule has 0 bridgehead atoms. The van der Waals surface area contributed by atoms with E-state index in [0.29, 0.717) is 5.71 Å². The number of anilines is 1. The molecule has 0 amide bonds. The minimum atomic E-state index is -0.115. The predicted octanol–water partition coefficient (Wildman–Crippen LogP) is -0.287. The number of hydrazone groups is 1. The number of hydrogen-bond donors (Lipinski definition) is 4. The first-order valence-electron chi connectivity index (χ1n) is 5.17. The van der Waals surface area contributed by atoms with Crippen molar-refractivity contribution in [2.75, 3.05) is 18.9 Å². The third kappa shape index (κ3) is 2.28. The van der Waals surface area contributed by atoms with E-state index in [1.54, 1.807) is 0 Å². The molecule has 0 aromatic carbocycles. The lowest BCUT2D eigenvalue weighted by Crippen LogP contribution is -2.28. The summed E-state index contributed by atoms with van der Waals surface area (Å²) in [5.74, 6) is 0.224. The number of pyridine rings is 1. The summed E-state index contributed by atoms with van der Waals surface area (Å²) in [6.07, 6.45) is 1.41. The van der Waals surface area contributed by atoms with Gasteiger partial charge < -0.3 is 15.9 Å². The van der Waals surface area contributed by atoms with Gasteiger partial charge >= 0.3 is 0 Å². The zero-order valence-electron chi connectivity index (χ0n) is 9.41. The highest BCUT2D eigenvalue weighted by Crippen LogP contribution is 2.21. The molecule has 94 valence electrons. The van der Waals surface area contributed by atoms with E-state index in [1.807, 2.05) is 0 Å². The Hall–Kier alpha value is -2.48. The van der Waals surface area contributed by atoms with Gasteiger partial charge in [0.2, 0.25) is 0 Å². The van der Waals surface area contributed by atoms with Crippen molar-refractivity contribution in [3.63, 3.8) is 0 Å². The minimum Gasteiger partial charge on any atom is -0.504 e. The van der Waals surface area contributed by atoms with Gasteiger partial charge in [0, 0.05) is 0 Å². The number of aromatic hydroxyl groups is 1. The summed E-state index contributed by atoms with van der Waals surface area (Å²) in [4.78, 5) is 7.95. The van der Waals surface area contributed by atoms with Crippen LogP contribution in [0.3, 0.4) is 0 Å². The lowest BCUT2D eigenvalue weighted by Gasteiger charge is -2.11. The van der Waals surface area contributed by atoms with Gasteiger partial charge in [-0.05, 0) is 12.1 Å². The molecule has 0 aliphatic carbocycles. The lowest BCUT2D eigenvalue weighted by atomic mass is 10.3. The summed E-state index contributed by atoms with van der Waals surface area (Å²) in [7, 11) is 0. The molecule has 0 atom stereocenters. The van der Waals surface area contributed by atoms with E-state index in [4.69, 9.17) is 16.2 Å². The summed E-state index contributed by atoms with van der Waals surface area (Å²) in [5.41, 5.74) is 5.76. The Morgan fingerprint density at radius 3 is 2.89 bits per heavy atom. The topological polar surface area (TPSA) is 131 Å². The van der Waals surface area contributed by atoms with Gasteiger partial charge in [-0.15, -0.1) is 0 Å². The molecule has 0 radical (unpaired) electrons. The van der Waals surface area contributed by atoms with Crippen LogP contribution in [0.25, 0.3) is 0 Å². The molecular formula is C10H12N6O2. The lowest BCUT2D eigenvalue weighted by molar-refractivity contribution is 0.255. The van der Waals surface area contributed by atoms with Gasteiger partial charge in [0.25, 0.3) is 0 Å². The highest BCUT2D eigenvalue weighted by Gasteiger charge is 2.19. The molecule has 0 saturated carbocycles. The van der Waals surface area contributed by atoms with Crippen LogP contribution < -0.4 is 5.73 Å². The first kappa shape index (κ1) is 12.0. The second-order valence-corrected chi connectivity index (χ2v) is 3.51. The average molecular weight is 248 g/mol. The van der Waals surface area contributed by atoms with Gasteiger partial charge in [-0.3, -0.25) is 5.41 Å². The molecule has 1 aromatic heterocycles. The third-order valence-corrected chi connectivity index (χ3v) is 2.25. The fourth-order valence-electron chi connectivity index (χ4n) is 1.36. The summed E-state index contributed by atoms with van der Waals surface area (Å²) >= 11 is 0. The van der Waals surface area contributed by atoms with Gasteiger partial charge in [0.05, 0.1) is 19.4 Å². The SMILES string of the molecule is N=C1C(=Nc2ccc(O)c(N)n2)C=NN1CCO. The zero-order valence-corrected chi connectivity index (χ0v) is 9.41. The number of aromatic nitrogens is 1. The Morgan fingerprint density at radius 2 is 2.22 bits per heavy atom. The van der Waals surface area contributed by atoms with Gasteiger partial charge in [-0.2, -0.15) is 5.10 Å². The minimum absolute atomic E-state index is 0.0227. The Bertz CT molecular complexity index is 539. The van der Waals surface area contributed by atoms with Crippen LogP contribution in [0.1, 0.15) is 0 Å². The summed E-state index contributed by atoms with van der Waals surface area (Å²) < 4.78 is 0. The van der Waals surface area contributed by atoms with Crippen molar-refractivity contribution in [3.8, 4) is 5.75 Å². The summed E-state index contributed by atoms with van der Waals surface area (Å²) in [6.45, 7) is 0.136. The fraction of sp³-hybridized carbons (Fsp3) is 0.200. The van der Waals surface area contributed by atoms with Crippen LogP contribution in [0, 0.1) is 5.41 Å². The molecule has 18 heavy (non-hydrogen) atoms. The normalized spacial score (nSPS) is 16.8. The van der Waals surface area contributed by atoms with Crippen molar-refractivity contribution >= 4 is 29.4 Å². The molecule has 8 nitrogen and oxygen atoms in total. The summed E-state index contributed by atoms with van der Waals surface area (Å²) in [5, 5.41) is 31.0. The molecule has 1 aliphatic rings. The standard InChI is InChI=1S/C10H12N6O2/c11-9-7(18)1-2-8(15-9)14-6-5-13-16(3-4-17)10(6)12/h1-2,5,12,17-18H,3-4H2,(H2,11,15). The fourth-order valence-corrected chi connectivity index (χ4v) is 1.36. The Labute approximate surface area is 103 Å². The zero-order chi connectivity index (χ0) is 13.1. The number of hydrogen-bond acceptors (Lipinski definition) is 7. The number of nitrogens with zero attached hydrogens (tertiary/aromatic N) is 4. The maximum absolute atomic E-state index is 9.23.